The molecule has 1 unspecified atom stereocenters. The van der Waals surface area contributed by atoms with Crippen LogP contribution in [0.25, 0.3) is 0 Å². The van der Waals surface area contributed by atoms with Crippen molar-refractivity contribution in [3.05, 3.63) is 23.8 Å². The molecule has 8 nitrogen and oxygen atoms in total. The molecule has 140 valence electrons. The number of carbonyl (C=O) groups is 1. The van der Waals surface area contributed by atoms with Crippen LogP contribution in [0.5, 0.6) is 11.5 Å². The van der Waals surface area contributed by atoms with Gasteiger partial charge in [-0.05, 0) is 25.1 Å². The van der Waals surface area contributed by atoms with Crippen molar-refractivity contribution in [2.24, 2.45) is 0 Å². The third kappa shape index (κ3) is 5.07. The maximum atomic E-state index is 12.3. The summed E-state index contributed by atoms with van der Waals surface area (Å²) in [6, 6.07) is 4.76. The van der Waals surface area contributed by atoms with Crippen molar-refractivity contribution in [2.45, 2.75) is 13.0 Å². The molecule has 1 heterocycles. The zero-order chi connectivity index (χ0) is 18.4. The number of hydrogen-bond donors (Lipinski definition) is 1. The van der Waals surface area contributed by atoms with Crippen molar-refractivity contribution >= 4 is 15.9 Å². The summed E-state index contributed by atoms with van der Waals surface area (Å²) in [5, 5.41) is 2.62. The fraction of sp³-hybridized carbons (Fsp3) is 0.562. The molecule has 1 aliphatic heterocycles. The lowest BCUT2D eigenvalue weighted by atomic mass is 10.2. The van der Waals surface area contributed by atoms with Gasteiger partial charge in [0.2, 0.25) is 10.0 Å². The number of hydrogen-bond acceptors (Lipinski definition) is 6. The van der Waals surface area contributed by atoms with Crippen molar-refractivity contribution in [3.8, 4) is 11.5 Å². The van der Waals surface area contributed by atoms with E-state index in [0.29, 0.717) is 36.8 Å². The summed E-state index contributed by atoms with van der Waals surface area (Å²) < 4.78 is 41.7. The van der Waals surface area contributed by atoms with Crippen LogP contribution in [0.4, 0.5) is 0 Å². The lowest BCUT2D eigenvalue weighted by molar-refractivity contribution is 0.0102. The molecule has 1 atom stereocenters. The highest BCUT2D eigenvalue weighted by molar-refractivity contribution is 7.89. The number of methoxy groups -OCH3 is 2. The van der Waals surface area contributed by atoms with Gasteiger partial charge in [-0.25, -0.2) is 8.42 Å². The Hall–Kier alpha value is -1.84. The average molecular weight is 372 g/mol. The van der Waals surface area contributed by atoms with E-state index in [1.165, 1.54) is 18.5 Å². The minimum atomic E-state index is -3.42. The van der Waals surface area contributed by atoms with Gasteiger partial charge in [-0.15, -0.1) is 0 Å². The Morgan fingerprint density at radius 2 is 2.04 bits per heavy atom. The molecule has 1 amide bonds. The van der Waals surface area contributed by atoms with Crippen LogP contribution >= 0.6 is 0 Å². The van der Waals surface area contributed by atoms with Crippen LogP contribution in [0, 0.1) is 0 Å². The average Bonchev–Trinajstić information content (AvgIpc) is 2.60. The van der Waals surface area contributed by atoms with Crippen molar-refractivity contribution in [1.29, 1.82) is 0 Å². The number of morpholine rings is 1. The highest BCUT2D eigenvalue weighted by atomic mass is 32.2. The predicted molar refractivity (Wildman–Crippen MR) is 92.7 cm³/mol. The Balaban J connectivity index is 1.91. The van der Waals surface area contributed by atoms with E-state index in [0.717, 1.165) is 0 Å². The summed E-state index contributed by atoms with van der Waals surface area (Å²) in [4.78, 5) is 12.2. The van der Waals surface area contributed by atoms with Crippen LogP contribution < -0.4 is 14.8 Å². The number of rotatable bonds is 7. The standard InChI is InChI=1S/C16H24N2O6S/c1-12-11-18(7-8-24-12)25(20,21)9-6-17-16(19)13-4-5-14(22-2)15(10-13)23-3/h4-5,10,12H,6-9,11H2,1-3H3,(H,17,19). The summed E-state index contributed by atoms with van der Waals surface area (Å²) in [5.41, 5.74) is 0.370. The van der Waals surface area contributed by atoms with Crippen LogP contribution in [0.1, 0.15) is 17.3 Å². The minimum absolute atomic E-state index is 0.0290. The van der Waals surface area contributed by atoms with Gasteiger partial charge >= 0.3 is 0 Å². The molecule has 0 bridgehead atoms. The quantitative estimate of drug-likeness (QED) is 0.748. The fourth-order valence-corrected chi connectivity index (χ4v) is 3.95. The number of benzene rings is 1. The van der Waals surface area contributed by atoms with Crippen molar-refractivity contribution < 1.29 is 27.4 Å². The van der Waals surface area contributed by atoms with E-state index in [-0.39, 0.29) is 24.3 Å². The van der Waals surface area contributed by atoms with Crippen LogP contribution in [0.15, 0.2) is 18.2 Å². The van der Waals surface area contributed by atoms with Crippen LogP contribution in [0.3, 0.4) is 0 Å². The molecule has 1 fully saturated rings. The van der Waals surface area contributed by atoms with Gasteiger partial charge in [0, 0.05) is 25.2 Å². The van der Waals surface area contributed by atoms with E-state index >= 15 is 0 Å². The molecule has 1 N–H and O–H groups in total. The second kappa shape index (κ2) is 8.50. The molecule has 1 aromatic carbocycles. The number of carbonyl (C=O) groups excluding carboxylic acids is 1. The molecule has 0 spiro atoms. The molecule has 0 radical (unpaired) electrons. The first-order valence-corrected chi connectivity index (χ1v) is 9.58. The Morgan fingerprint density at radius 3 is 2.68 bits per heavy atom. The number of ether oxygens (including phenoxy) is 3. The van der Waals surface area contributed by atoms with Crippen molar-refractivity contribution in [1.82, 2.24) is 9.62 Å². The number of nitrogens with one attached hydrogen (secondary N) is 1. The van der Waals surface area contributed by atoms with Crippen molar-refractivity contribution in [2.75, 3.05) is 46.2 Å². The third-order valence-corrected chi connectivity index (χ3v) is 5.73. The Bertz CT molecular complexity index is 707. The molecular formula is C16H24N2O6S. The first kappa shape index (κ1) is 19.5. The maximum absolute atomic E-state index is 12.3. The van der Waals surface area contributed by atoms with E-state index in [9.17, 15) is 13.2 Å². The second-order valence-electron chi connectivity index (χ2n) is 5.68. The van der Waals surface area contributed by atoms with E-state index < -0.39 is 10.0 Å². The largest absolute Gasteiger partial charge is 0.493 e. The smallest absolute Gasteiger partial charge is 0.251 e. The molecule has 0 saturated carbocycles. The van der Waals surface area contributed by atoms with Crippen LogP contribution in [-0.4, -0.2) is 70.9 Å². The molecular weight excluding hydrogens is 348 g/mol. The SMILES string of the molecule is COc1ccc(C(=O)NCCS(=O)(=O)N2CCOC(C)C2)cc1OC. The number of nitrogens with zero attached hydrogens (tertiary/aromatic N) is 1. The third-order valence-electron chi connectivity index (χ3n) is 3.89. The predicted octanol–water partition coefficient (Wildman–Crippen LogP) is 0.484. The zero-order valence-electron chi connectivity index (χ0n) is 14.6. The number of sulfonamides is 1. The first-order chi connectivity index (χ1) is 11.9. The molecule has 1 aromatic rings. The summed E-state index contributed by atoms with van der Waals surface area (Å²) in [6.07, 6.45) is -0.120. The highest BCUT2D eigenvalue weighted by Gasteiger charge is 2.27. The normalized spacial score (nSPS) is 18.6. The lowest BCUT2D eigenvalue weighted by Gasteiger charge is -2.30. The topological polar surface area (TPSA) is 94.2 Å². The van der Waals surface area contributed by atoms with E-state index in [4.69, 9.17) is 14.2 Å². The fourth-order valence-electron chi connectivity index (χ4n) is 2.54. The molecule has 0 aromatic heterocycles. The van der Waals surface area contributed by atoms with E-state index in [2.05, 4.69) is 5.32 Å². The van der Waals surface area contributed by atoms with Crippen LogP contribution in [-0.2, 0) is 14.8 Å². The van der Waals surface area contributed by atoms with E-state index in [1.54, 1.807) is 18.2 Å². The van der Waals surface area contributed by atoms with Gasteiger partial charge in [-0.1, -0.05) is 0 Å². The monoisotopic (exact) mass is 372 g/mol. The van der Waals surface area contributed by atoms with Crippen LogP contribution in [0.2, 0.25) is 0 Å². The summed E-state index contributed by atoms with van der Waals surface area (Å²) in [7, 11) is -0.433. The van der Waals surface area contributed by atoms with Gasteiger partial charge in [0.05, 0.1) is 32.7 Å². The Labute approximate surface area is 148 Å². The summed E-state index contributed by atoms with van der Waals surface area (Å²) >= 11 is 0. The zero-order valence-corrected chi connectivity index (χ0v) is 15.5. The van der Waals surface area contributed by atoms with E-state index in [1.807, 2.05) is 6.92 Å². The summed E-state index contributed by atoms with van der Waals surface area (Å²) in [5.74, 6) is 0.429. The highest BCUT2D eigenvalue weighted by Crippen LogP contribution is 2.27. The summed E-state index contributed by atoms with van der Waals surface area (Å²) in [6.45, 7) is 2.93. The van der Waals surface area contributed by atoms with Gasteiger partial charge in [0.1, 0.15) is 0 Å². The number of amides is 1. The van der Waals surface area contributed by atoms with Gasteiger partial charge in [0.15, 0.2) is 11.5 Å². The molecule has 25 heavy (non-hydrogen) atoms. The molecule has 0 aliphatic carbocycles. The Morgan fingerprint density at radius 1 is 1.32 bits per heavy atom. The molecule has 2 rings (SSSR count). The second-order valence-corrected chi connectivity index (χ2v) is 7.77. The Kier molecular flexibility index (Phi) is 6.63. The maximum Gasteiger partial charge on any atom is 0.251 e. The lowest BCUT2D eigenvalue weighted by Crippen LogP contribution is -2.46. The first-order valence-electron chi connectivity index (χ1n) is 7.97. The molecule has 1 aliphatic rings. The van der Waals surface area contributed by atoms with Gasteiger partial charge < -0.3 is 19.5 Å². The van der Waals surface area contributed by atoms with Gasteiger partial charge in [-0.3, -0.25) is 4.79 Å². The van der Waals surface area contributed by atoms with Crippen molar-refractivity contribution in [3.63, 3.8) is 0 Å². The molecule has 1 saturated heterocycles. The minimum Gasteiger partial charge on any atom is -0.493 e. The molecule has 9 heteroatoms. The van der Waals surface area contributed by atoms with Gasteiger partial charge in [-0.2, -0.15) is 4.31 Å². The van der Waals surface area contributed by atoms with Gasteiger partial charge in [0.25, 0.3) is 5.91 Å².